The SMILES string of the molecule is CC1(C)CN(C(=O)c2cc(F)c(N)c(F)c2)CCS1. The van der Waals surface area contributed by atoms with Gasteiger partial charge in [0, 0.05) is 29.2 Å². The Balaban J connectivity index is 2.25. The molecule has 104 valence electrons. The van der Waals surface area contributed by atoms with E-state index in [4.69, 9.17) is 5.73 Å². The van der Waals surface area contributed by atoms with Crippen LogP contribution < -0.4 is 5.73 Å². The molecule has 19 heavy (non-hydrogen) atoms. The third-order valence-electron chi connectivity index (χ3n) is 3.04. The van der Waals surface area contributed by atoms with E-state index in [2.05, 4.69) is 0 Å². The van der Waals surface area contributed by atoms with Gasteiger partial charge in [0.1, 0.15) is 17.3 Å². The van der Waals surface area contributed by atoms with Gasteiger partial charge in [0.05, 0.1) is 0 Å². The van der Waals surface area contributed by atoms with Crippen molar-refractivity contribution in [1.29, 1.82) is 0 Å². The van der Waals surface area contributed by atoms with E-state index in [1.54, 1.807) is 16.7 Å². The smallest absolute Gasteiger partial charge is 0.254 e. The first-order valence-corrected chi connectivity index (χ1v) is 6.96. The summed E-state index contributed by atoms with van der Waals surface area (Å²) in [4.78, 5) is 13.9. The molecule has 3 nitrogen and oxygen atoms in total. The molecule has 0 radical (unpaired) electrons. The summed E-state index contributed by atoms with van der Waals surface area (Å²) in [5.41, 5.74) is 4.65. The van der Waals surface area contributed by atoms with Crippen LogP contribution in [0.4, 0.5) is 14.5 Å². The van der Waals surface area contributed by atoms with Crippen molar-refractivity contribution in [3.8, 4) is 0 Å². The van der Waals surface area contributed by atoms with E-state index in [9.17, 15) is 13.6 Å². The standard InChI is InChI=1S/C13H16F2N2OS/c1-13(2)7-17(3-4-19-13)12(18)8-5-9(14)11(16)10(15)6-8/h5-6H,3-4,7,16H2,1-2H3. The number of halogens is 2. The first-order chi connectivity index (χ1) is 8.80. The summed E-state index contributed by atoms with van der Waals surface area (Å²) in [5, 5.41) is 0. The highest BCUT2D eigenvalue weighted by atomic mass is 32.2. The summed E-state index contributed by atoms with van der Waals surface area (Å²) in [6.07, 6.45) is 0. The Kier molecular flexibility index (Phi) is 3.71. The lowest BCUT2D eigenvalue weighted by Crippen LogP contribution is -2.46. The third kappa shape index (κ3) is 3.00. The molecule has 1 amide bonds. The molecule has 1 saturated heterocycles. The van der Waals surface area contributed by atoms with Crippen LogP contribution in [-0.2, 0) is 0 Å². The zero-order valence-electron chi connectivity index (χ0n) is 10.9. The molecule has 1 fully saturated rings. The Labute approximate surface area is 115 Å². The summed E-state index contributed by atoms with van der Waals surface area (Å²) >= 11 is 1.78. The molecule has 2 N–H and O–H groups in total. The van der Waals surface area contributed by atoms with Gasteiger partial charge in [-0.05, 0) is 26.0 Å². The Morgan fingerprint density at radius 1 is 1.37 bits per heavy atom. The second kappa shape index (κ2) is 5.00. The lowest BCUT2D eigenvalue weighted by atomic mass is 10.1. The lowest BCUT2D eigenvalue weighted by Gasteiger charge is -2.37. The van der Waals surface area contributed by atoms with Crippen molar-refractivity contribution in [2.45, 2.75) is 18.6 Å². The molecule has 2 rings (SSSR count). The van der Waals surface area contributed by atoms with Gasteiger partial charge in [0.25, 0.3) is 5.91 Å². The zero-order valence-corrected chi connectivity index (χ0v) is 11.7. The molecule has 1 aliphatic rings. The number of rotatable bonds is 1. The number of nitrogens with zero attached hydrogens (tertiary/aromatic N) is 1. The van der Waals surface area contributed by atoms with E-state index >= 15 is 0 Å². The first kappa shape index (κ1) is 14.1. The van der Waals surface area contributed by atoms with Crippen LogP contribution in [0.2, 0.25) is 0 Å². The maximum absolute atomic E-state index is 13.4. The van der Waals surface area contributed by atoms with Crippen molar-refractivity contribution < 1.29 is 13.6 Å². The Bertz CT molecular complexity index is 496. The number of hydrogen-bond acceptors (Lipinski definition) is 3. The van der Waals surface area contributed by atoms with Crippen LogP contribution >= 0.6 is 11.8 Å². The highest BCUT2D eigenvalue weighted by Gasteiger charge is 2.30. The average molecular weight is 286 g/mol. The number of nitrogen functional groups attached to an aromatic ring is 1. The third-order valence-corrected chi connectivity index (χ3v) is 4.34. The average Bonchev–Trinajstić information content (AvgIpc) is 2.33. The molecule has 1 aliphatic heterocycles. The molecular weight excluding hydrogens is 270 g/mol. The van der Waals surface area contributed by atoms with E-state index in [1.165, 1.54) is 0 Å². The maximum atomic E-state index is 13.4. The van der Waals surface area contributed by atoms with Crippen molar-refractivity contribution in [3.63, 3.8) is 0 Å². The molecule has 0 atom stereocenters. The highest BCUT2D eigenvalue weighted by molar-refractivity contribution is 8.00. The molecule has 0 aliphatic carbocycles. The van der Waals surface area contributed by atoms with Crippen LogP contribution in [0.5, 0.6) is 0 Å². The van der Waals surface area contributed by atoms with E-state index in [-0.39, 0.29) is 16.2 Å². The molecule has 0 aromatic heterocycles. The van der Waals surface area contributed by atoms with Gasteiger partial charge in [0.15, 0.2) is 0 Å². The number of carbonyl (C=O) groups excluding carboxylic acids is 1. The number of amides is 1. The Morgan fingerprint density at radius 3 is 2.47 bits per heavy atom. The van der Waals surface area contributed by atoms with Gasteiger partial charge in [-0.2, -0.15) is 11.8 Å². The van der Waals surface area contributed by atoms with E-state index in [0.717, 1.165) is 17.9 Å². The fourth-order valence-electron chi connectivity index (χ4n) is 2.08. The molecular formula is C13H16F2N2OS. The van der Waals surface area contributed by atoms with Gasteiger partial charge in [-0.1, -0.05) is 0 Å². The number of nitrogens with two attached hydrogens (primary N) is 1. The largest absolute Gasteiger partial charge is 0.394 e. The van der Waals surface area contributed by atoms with Gasteiger partial charge < -0.3 is 10.6 Å². The number of carbonyl (C=O) groups is 1. The Hall–Kier alpha value is -1.30. The van der Waals surface area contributed by atoms with Crippen molar-refractivity contribution in [1.82, 2.24) is 4.90 Å². The van der Waals surface area contributed by atoms with Crippen LogP contribution in [0.1, 0.15) is 24.2 Å². The zero-order chi connectivity index (χ0) is 14.2. The molecule has 1 aromatic rings. The van der Waals surface area contributed by atoms with Crippen LogP contribution in [0.25, 0.3) is 0 Å². The summed E-state index contributed by atoms with van der Waals surface area (Å²) in [6.45, 7) is 5.23. The van der Waals surface area contributed by atoms with Gasteiger partial charge in [-0.15, -0.1) is 0 Å². The molecule has 0 saturated carbocycles. The fourth-order valence-corrected chi connectivity index (χ4v) is 3.19. The lowest BCUT2D eigenvalue weighted by molar-refractivity contribution is 0.0747. The van der Waals surface area contributed by atoms with Crippen LogP contribution in [0.15, 0.2) is 12.1 Å². The second-order valence-corrected chi connectivity index (χ2v) is 6.99. The molecule has 0 bridgehead atoms. The number of thioether (sulfide) groups is 1. The van der Waals surface area contributed by atoms with Gasteiger partial charge in [-0.3, -0.25) is 4.79 Å². The molecule has 1 aromatic carbocycles. The quantitative estimate of drug-likeness (QED) is 0.807. The predicted molar refractivity (Wildman–Crippen MR) is 73.2 cm³/mol. The molecule has 1 heterocycles. The maximum Gasteiger partial charge on any atom is 0.254 e. The fraction of sp³-hybridized carbons (Fsp3) is 0.462. The molecule has 0 unspecified atom stereocenters. The minimum absolute atomic E-state index is 0.00639. The normalized spacial score (nSPS) is 18.4. The van der Waals surface area contributed by atoms with E-state index in [0.29, 0.717) is 13.1 Å². The summed E-state index contributed by atoms with van der Waals surface area (Å²) in [7, 11) is 0. The van der Waals surface area contributed by atoms with Gasteiger partial charge in [-0.25, -0.2) is 8.78 Å². The van der Waals surface area contributed by atoms with Crippen molar-refractivity contribution in [2.24, 2.45) is 0 Å². The van der Waals surface area contributed by atoms with Gasteiger partial charge >= 0.3 is 0 Å². The topological polar surface area (TPSA) is 46.3 Å². The van der Waals surface area contributed by atoms with Crippen molar-refractivity contribution >= 4 is 23.4 Å². The Morgan fingerprint density at radius 2 is 1.95 bits per heavy atom. The summed E-state index contributed by atoms with van der Waals surface area (Å²) in [5.74, 6) is -1.33. The minimum atomic E-state index is -0.894. The number of benzene rings is 1. The number of anilines is 1. The van der Waals surface area contributed by atoms with Crippen molar-refractivity contribution in [3.05, 3.63) is 29.3 Å². The van der Waals surface area contributed by atoms with E-state index in [1.807, 2.05) is 13.8 Å². The molecule has 0 spiro atoms. The second-order valence-electron chi connectivity index (χ2n) is 5.19. The van der Waals surface area contributed by atoms with Crippen molar-refractivity contribution in [2.75, 3.05) is 24.6 Å². The monoisotopic (exact) mass is 286 g/mol. The van der Waals surface area contributed by atoms with Crippen LogP contribution in [0, 0.1) is 11.6 Å². The van der Waals surface area contributed by atoms with Crippen LogP contribution in [0.3, 0.4) is 0 Å². The summed E-state index contributed by atoms with van der Waals surface area (Å²) in [6, 6.07) is 1.99. The number of hydrogen-bond donors (Lipinski definition) is 1. The first-order valence-electron chi connectivity index (χ1n) is 5.98. The van der Waals surface area contributed by atoms with Gasteiger partial charge in [0.2, 0.25) is 0 Å². The predicted octanol–water partition coefficient (Wildman–Crippen LogP) is 2.51. The summed E-state index contributed by atoms with van der Waals surface area (Å²) < 4.78 is 26.7. The minimum Gasteiger partial charge on any atom is -0.394 e. The highest BCUT2D eigenvalue weighted by Crippen LogP contribution is 2.30. The molecule has 6 heteroatoms. The van der Waals surface area contributed by atoms with Crippen LogP contribution in [-0.4, -0.2) is 34.4 Å². The van der Waals surface area contributed by atoms with E-state index < -0.39 is 17.3 Å².